The first kappa shape index (κ1) is 20.3. The number of benzene rings is 1. The number of aromatic nitrogens is 1. The third-order valence-corrected chi connectivity index (χ3v) is 6.84. The molecule has 1 aromatic carbocycles. The number of halogens is 2. The van der Waals surface area contributed by atoms with Crippen molar-refractivity contribution < 1.29 is 9.59 Å². The van der Waals surface area contributed by atoms with Crippen molar-refractivity contribution >= 4 is 57.4 Å². The van der Waals surface area contributed by atoms with E-state index in [9.17, 15) is 9.59 Å². The Morgan fingerprint density at radius 1 is 1.14 bits per heavy atom. The second-order valence-electron chi connectivity index (χ2n) is 7.20. The molecule has 1 fully saturated rings. The predicted octanol–water partition coefficient (Wildman–Crippen LogP) is 5.10. The van der Waals surface area contributed by atoms with Crippen molar-refractivity contribution in [2.75, 3.05) is 17.2 Å². The Morgan fingerprint density at radius 2 is 1.93 bits per heavy atom. The summed E-state index contributed by atoms with van der Waals surface area (Å²) >= 11 is 13.3. The monoisotopic (exact) mass is 453 g/mol. The summed E-state index contributed by atoms with van der Waals surface area (Å²) in [6, 6.07) is 4.80. The van der Waals surface area contributed by atoms with Crippen LogP contribution < -0.4 is 16.0 Å². The van der Waals surface area contributed by atoms with Crippen LogP contribution in [0.1, 0.15) is 36.3 Å². The zero-order valence-corrected chi connectivity index (χ0v) is 18.0. The lowest BCUT2D eigenvalue weighted by Crippen LogP contribution is -2.38. The highest BCUT2D eigenvalue weighted by Crippen LogP contribution is 2.29. The normalized spacial score (nSPS) is 16.4. The number of fused-ring (bicyclic) bond motifs is 1. The average Bonchev–Trinajstić information content (AvgIpc) is 3.33. The third kappa shape index (κ3) is 4.94. The lowest BCUT2D eigenvalue weighted by molar-refractivity contribution is 0.207. The molecule has 0 spiro atoms. The van der Waals surface area contributed by atoms with Gasteiger partial charge in [-0.3, -0.25) is 5.32 Å². The number of thiazole rings is 1. The molecule has 0 unspecified atom stereocenters. The second kappa shape index (κ2) is 8.77. The number of hydrogen-bond acceptors (Lipinski definition) is 4. The van der Waals surface area contributed by atoms with Gasteiger partial charge in [-0.05, 0) is 31.0 Å². The Morgan fingerprint density at radius 3 is 2.69 bits per heavy atom. The molecule has 0 bridgehead atoms. The average molecular weight is 454 g/mol. The van der Waals surface area contributed by atoms with Crippen molar-refractivity contribution in [2.24, 2.45) is 0 Å². The van der Waals surface area contributed by atoms with Gasteiger partial charge in [0, 0.05) is 29.6 Å². The topological polar surface area (TPSA) is 86.4 Å². The van der Waals surface area contributed by atoms with Crippen molar-refractivity contribution in [1.82, 2.24) is 15.2 Å². The number of carbonyl (C=O) groups excluding carboxylic acids is 2. The SMILES string of the molecule is O=C(Nc1nc2c(s1)CN(C(=O)Nc1ccc(Cl)c(Cl)c1)CC2)NC1CCCC1. The van der Waals surface area contributed by atoms with Crippen LogP contribution in [0, 0.1) is 0 Å². The Kier molecular flexibility index (Phi) is 6.12. The molecule has 1 aliphatic heterocycles. The van der Waals surface area contributed by atoms with Crippen molar-refractivity contribution in [2.45, 2.75) is 44.7 Å². The van der Waals surface area contributed by atoms with E-state index in [2.05, 4.69) is 20.9 Å². The maximum absolute atomic E-state index is 12.6. The molecule has 10 heteroatoms. The fourth-order valence-electron chi connectivity index (χ4n) is 3.59. The van der Waals surface area contributed by atoms with E-state index in [0.717, 1.165) is 36.3 Å². The number of amides is 4. The standard InChI is InChI=1S/C19H21Cl2N5O2S/c20-13-6-5-12(9-14(13)21)23-19(28)26-8-7-15-16(10-26)29-18(24-15)25-17(27)22-11-3-1-2-4-11/h5-6,9,11H,1-4,7-8,10H2,(H,23,28)(H2,22,24,25,27). The van der Waals surface area contributed by atoms with E-state index in [1.54, 1.807) is 23.1 Å². The number of nitrogens with zero attached hydrogens (tertiary/aromatic N) is 2. The lowest BCUT2D eigenvalue weighted by atomic mass is 10.2. The summed E-state index contributed by atoms with van der Waals surface area (Å²) in [6.07, 6.45) is 5.04. The van der Waals surface area contributed by atoms with Crippen LogP contribution in [0.15, 0.2) is 18.2 Å². The highest BCUT2D eigenvalue weighted by molar-refractivity contribution is 7.15. The van der Waals surface area contributed by atoms with Crippen molar-refractivity contribution in [3.05, 3.63) is 38.8 Å². The van der Waals surface area contributed by atoms with Crippen molar-refractivity contribution in [3.8, 4) is 0 Å². The van der Waals surface area contributed by atoms with Crippen LogP contribution in [0.2, 0.25) is 10.0 Å². The molecular weight excluding hydrogens is 433 g/mol. The van der Waals surface area contributed by atoms with Gasteiger partial charge in [0.25, 0.3) is 0 Å². The summed E-state index contributed by atoms with van der Waals surface area (Å²) in [5.41, 5.74) is 1.52. The molecule has 4 amide bonds. The molecule has 29 heavy (non-hydrogen) atoms. The van der Waals surface area contributed by atoms with E-state index in [1.807, 2.05) is 0 Å². The van der Waals surface area contributed by atoms with Crippen LogP contribution in [-0.4, -0.2) is 34.5 Å². The molecule has 1 saturated carbocycles. The number of carbonyl (C=O) groups is 2. The summed E-state index contributed by atoms with van der Waals surface area (Å²) < 4.78 is 0. The Hall–Kier alpha value is -2.03. The molecule has 1 aromatic heterocycles. The molecular formula is C19H21Cl2N5O2S. The van der Waals surface area contributed by atoms with Gasteiger partial charge in [-0.25, -0.2) is 14.6 Å². The second-order valence-corrected chi connectivity index (χ2v) is 9.10. The quantitative estimate of drug-likeness (QED) is 0.603. The molecule has 2 aromatic rings. The Bertz CT molecular complexity index is 929. The molecule has 0 atom stereocenters. The summed E-state index contributed by atoms with van der Waals surface area (Å²) in [5.74, 6) is 0. The smallest absolute Gasteiger partial charge is 0.322 e. The minimum atomic E-state index is -0.212. The van der Waals surface area contributed by atoms with Crippen LogP contribution >= 0.6 is 34.5 Å². The Balaban J connectivity index is 1.35. The molecule has 2 aliphatic rings. The minimum absolute atomic E-state index is 0.211. The minimum Gasteiger partial charge on any atom is -0.335 e. The molecule has 0 radical (unpaired) electrons. The van der Waals surface area contributed by atoms with Gasteiger partial charge in [0.2, 0.25) is 0 Å². The first-order valence-corrected chi connectivity index (χ1v) is 11.1. The molecule has 154 valence electrons. The van der Waals surface area contributed by atoms with Gasteiger partial charge < -0.3 is 15.5 Å². The summed E-state index contributed by atoms with van der Waals surface area (Å²) in [6.45, 7) is 1.00. The van der Waals surface area contributed by atoms with Crippen LogP contribution in [0.4, 0.5) is 20.4 Å². The van der Waals surface area contributed by atoms with Gasteiger partial charge in [-0.2, -0.15) is 0 Å². The number of rotatable bonds is 3. The van der Waals surface area contributed by atoms with Gasteiger partial charge in [0.1, 0.15) is 0 Å². The van der Waals surface area contributed by atoms with E-state index in [4.69, 9.17) is 23.2 Å². The fraction of sp³-hybridized carbons (Fsp3) is 0.421. The van der Waals surface area contributed by atoms with E-state index in [0.29, 0.717) is 40.4 Å². The van der Waals surface area contributed by atoms with Crippen LogP contribution in [-0.2, 0) is 13.0 Å². The number of nitrogens with one attached hydrogen (secondary N) is 3. The number of anilines is 2. The van der Waals surface area contributed by atoms with E-state index in [-0.39, 0.29) is 18.1 Å². The maximum Gasteiger partial charge on any atom is 0.322 e. The molecule has 0 saturated heterocycles. The van der Waals surface area contributed by atoms with Crippen molar-refractivity contribution in [3.63, 3.8) is 0 Å². The zero-order chi connectivity index (χ0) is 20.4. The molecule has 3 N–H and O–H groups in total. The van der Waals surface area contributed by atoms with Gasteiger partial charge in [-0.1, -0.05) is 47.4 Å². The molecule has 1 aliphatic carbocycles. The fourth-order valence-corrected chi connectivity index (χ4v) is 4.90. The first-order chi connectivity index (χ1) is 14.0. The van der Waals surface area contributed by atoms with Gasteiger partial charge >= 0.3 is 12.1 Å². The summed E-state index contributed by atoms with van der Waals surface area (Å²) in [4.78, 5) is 32.0. The molecule has 4 rings (SSSR count). The predicted molar refractivity (Wildman–Crippen MR) is 116 cm³/mol. The maximum atomic E-state index is 12.6. The van der Waals surface area contributed by atoms with Gasteiger partial charge in [-0.15, -0.1) is 0 Å². The number of urea groups is 2. The summed E-state index contributed by atoms with van der Waals surface area (Å²) in [5, 5.41) is 10.1. The molecule has 7 nitrogen and oxygen atoms in total. The largest absolute Gasteiger partial charge is 0.335 e. The number of hydrogen-bond donors (Lipinski definition) is 3. The highest BCUT2D eigenvalue weighted by atomic mass is 35.5. The van der Waals surface area contributed by atoms with Crippen molar-refractivity contribution in [1.29, 1.82) is 0 Å². The van der Waals surface area contributed by atoms with E-state index < -0.39 is 0 Å². The first-order valence-electron chi connectivity index (χ1n) is 9.55. The molecule has 2 heterocycles. The zero-order valence-electron chi connectivity index (χ0n) is 15.6. The van der Waals surface area contributed by atoms with E-state index >= 15 is 0 Å². The third-order valence-electron chi connectivity index (χ3n) is 5.10. The van der Waals surface area contributed by atoms with Gasteiger partial charge in [0.05, 0.1) is 22.3 Å². The Labute approximate surface area is 182 Å². The highest BCUT2D eigenvalue weighted by Gasteiger charge is 2.25. The van der Waals surface area contributed by atoms with E-state index in [1.165, 1.54) is 11.3 Å². The van der Waals surface area contributed by atoms with Gasteiger partial charge in [0.15, 0.2) is 5.13 Å². The van der Waals surface area contributed by atoms with Crippen LogP contribution in [0.5, 0.6) is 0 Å². The lowest BCUT2D eigenvalue weighted by Gasteiger charge is -2.26. The van der Waals surface area contributed by atoms with Crippen LogP contribution in [0.3, 0.4) is 0 Å². The van der Waals surface area contributed by atoms with Crippen LogP contribution in [0.25, 0.3) is 0 Å². The summed E-state index contributed by atoms with van der Waals surface area (Å²) in [7, 11) is 0.